The molecule has 0 unspecified atom stereocenters. The number of benzene rings is 3. The van der Waals surface area contributed by atoms with Gasteiger partial charge < -0.3 is 5.32 Å². The first-order valence-corrected chi connectivity index (χ1v) is 12.1. The van der Waals surface area contributed by atoms with Crippen LogP contribution >= 0.6 is 0 Å². The summed E-state index contributed by atoms with van der Waals surface area (Å²) in [5, 5.41) is 5.37. The number of rotatable bonds is 6. The number of pyridine rings is 1. The van der Waals surface area contributed by atoms with Crippen LogP contribution in [0, 0.1) is 37.8 Å². The van der Waals surface area contributed by atoms with Crippen LogP contribution in [0.4, 0.5) is 32.6 Å². The molecule has 4 aromatic rings. The van der Waals surface area contributed by atoms with Crippen molar-refractivity contribution in [2.75, 3.05) is 5.32 Å². The van der Waals surface area contributed by atoms with Crippen LogP contribution in [0.25, 0.3) is 0 Å². The van der Waals surface area contributed by atoms with Gasteiger partial charge in [-0.2, -0.15) is 13.2 Å². The Morgan fingerprint density at radius 2 is 1.52 bits per heavy atom. The summed E-state index contributed by atoms with van der Waals surface area (Å²) in [5.41, 5.74) is -0.594. The monoisotopic (exact) mass is 549 g/mol. The van der Waals surface area contributed by atoms with Gasteiger partial charge >= 0.3 is 12.2 Å². The van der Waals surface area contributed by atoms with Crippen molar-refractivity contribution in [3.63, 3.8) is 0 Å². The summed E-state index contributed by atoms with van der Waals surface area (Å²) < 4.78 is 70.0. The number of carbonyl (C=O) groups excluding carboxylic acids is 1. The second-order valence-corrected chi connectivity index (χ2v) is 9.31. The predicted molar refractivity (Wildman–Crippen MR) is 143 cm³/mol. The van der Waals surface area contributed by atoms with E-state index in [0.717, 1.165) is 24.3 Å². The fourth-order valence-corrected chi connectivity index (χ4v) is 4.65. The van der Waals surface area contributed by atoms with E-state index in [1.807, 2.05) is 0 Å². The second kappa shape index (κ2) is 11.2. The van der Waals surface area contributed by atoms with Crippen molar-refractivity contribution < 1.29 is 26.7 Å². The lowest BCUT2D eigenvalue weighted by Crippen LogP contribution is -2.50. The van der Waals surface area contributed by atoms with Crippen LogP contribution in [-0.4, -0.2) is 11.0 Å². The van der Waals surface area contributed by atoms with E-state index in [9.17, 15) is 26.7 Å². The molecule has 0 fully saturated rings. The number of nitrogens with zero attached hydrogens (tertiary/aromatic N) is 1. The number of anilines is 1. The molecule has 1 heterocycles. The number of aryl methyl sites for hydroxylation is 2. The summed E-state index contributed by atoms with van der Waals surface area (Å²) in [6, 6.07) is 16.4. The maximum atomic E-state index is 14.7. The SMILES string of the molecule is C#Cc1c(C)cc(NC(=O)N[C@](Cc2ccccc2)(c2ccc(F)cc2)c2cc(F)cc(C(F)(F)F)c2)nc1C. The fraction of sp³-hybridized carbons (Fsp3) is 0.161. The summed E-state index contributed by atoms with van der Waals surface area (Å²) in [7, 11) is 0. The number of carbonyl (C=O) groups is 1. The van der Waals surface area contributed by atoms with Crippen molar-refractivity contribution in [2.24, 2.45) is 0 Å². The van der Waals surface area contributed by atoms with Gasteiger partial charge in [0, 0.05) is 12.0 Å². The number of hydrogen-bond donors (Lipinski definition) is 2. The van der Waals surface area contributed by atoms with Crippen LogP contribution in [0.2, 0.25) is 0 Å². The number of amides is 2. The normalized spacial score (nSPS) is 12.8. The molecule has 2 amide bonds. The first kappa shape index (κ1) is 28.3. The van der Waals surface area contributed by atoms with Crippen molar-refractivity contribution in [2.45, 2.75) is 32.0 Å². The minimum atomic E-state index is -4.86. The van der Waals surface area contributed by atoms with E-state index in [1.54, 1.807) is 50.2 Å². The van der Waals surface area contributed by atoms with Crippen molar-refractivity contribution >= 4 is 11.8 Å². The molecule has 0 aliphatic carbocycles. The predicted octanol–water partition coefficient (Wildman–Crippen LogP) is 7.28. The highest BCUT2D eigenvalue weighted by atomic mass is 19.4. The molecule has 4 rings (SSSR count). The van der Waals surface area contributed by atoms with Crippen LogP contribution in [-0.2, 0) is 18.1 Å². The van der Waals surface area contributed by atoms with E-state index < -0.39 is 34.9 Å². The summed E-state index contributed by atoms with van der Waals surface area (Å²) >= 11 is 0. The summed E-state index contributed by atoms with van der Waals surface area (Å²) in [4.78, 5) is 17.8. The number of alkyl halides is 3. The van der Waals surface area contributed by atoms with Crippen molar-refractivity contribution in [1.82, 2.24) is 10.3 Å². The molecule has 1 aromatic heterocycles. The molecular weight excluding hydrogens is 525 g/mol. The largest absolute Gasteiger partial charge is 0.416 e. The Hall–Kier alpha value is -4.71. The molecule has 0 aliphatic rings. The fourth-order valence-electron chi connectivity index (χ4n) is 4.65. The van der Waals surface area contributed by atoms with Gasteiger partial charge in [-0.1, -0.05) is 48.4 Å². The lowest BCUT2D eigenvalue weighted by molar-refractivity contribution is -0.137. The molecular formula is C31H24F5N3O. The molecule has 0 bridgehead atoms. The minimum absolute atomic E-state index is 0.0881. The summed E-state index contributed by atoms with van der Waals surface area (Å²) in [5.74, 6) is 0.933. The van der Waals surface area contributed by atoms with Crippen molar-refractivity contribution in [3.05, 3.63) is 130 Å². The zero-order valence-corrected chi connectivity index (χ0v) is 21.5. The van der Waals surface area contributed by atoms with Gasteiger partial charge in [-0.05, 0) is 72.5 Å². The molecule has 3 aromatic carbocycles. The molecule has 2 N–H and O–H groups in total. The molecule has 4 nitrogen and oxygen atoms in total. The van der Waals surface area contributed by atoms with Crippen molar-refractivity contribution in [1.29, 1.82) is 0 Å². The number of aromatic nitrogens is 1. The minimum Gasteiger partial charge on any atom is -0.324 e. The van der Waals surface area contributed by atoms with Crippen LogP contribution in [0.1, 0.15) is 39.1 Å². The van der Waals surface area contributed by atoms with Crippen LogP contribution < -0.4 is 10.6 Å². The molecule has 0 aliphatic heterocycles. The molecule has 1 atom stereocenters. The second-order valence-electron chi connectivity index (χ2n) is 9.31. The number of terminal acetylenes is 1. The topological polar surface area (TPSA) is 54.0 Å². The summed E-state index contributed by atoms with van der Waals surface area (Å²) in [6.07, 6.45) is 0.576. The van der Waals surface area contributed by atoms with E-state index in [0.29, 0.717) is 28.5 Å². The Bertz CT molecular complexity index is 1550. The van der Waals surface area contributed by atoms with Crippen LogP contribution in [0.5, 0.6) is 0 Å². The third kappa shape index (κ3) is 6.12. The highest BCUT2D eigenvalue weighted by molar-refractivity contribution is 5.89. The highest BCUT2D eigenvalue weighted by Gasteiger charge is 2.40. The molecule has 0 radical (unpaired) electrons. The summed E-state index contributed by atoms with van der Waals surface area (Å²) in [6.45, 7) is 3.42. The molecule has 204 valence electrons. The van der Waals surface area contributed by atoms with Gasteiger partial charge in [0.1, 0.15) is 17.5 Å². The third-order valence-corrected chi connectivity index (χ3v) is 6.48. The van der Waals surface area contributed by atoms with Crippen LogP contribution in [0.3, 0.4) is 0 Å². The Kier molecular flexibility index (Phi) is 7.91. The number of hydrogen-bond acceptors (Lipinski definition) is 2. The van der Waals surface area contributed by atoms with Gasteiger partial charge in [0.2, 0.25) is 0 Å². The molecule has 0 saturated carbocycles. The standard InChI is InChI=1S/C31H24F5N3O/c1-4-27-19(2)14-28(37-20(27)3)38-29(40)39-30(18-21-8-6-5-7-9-21,22-10-12-25(32)13-11-22)23-15-24(31(34,35)36)17-26(33)16-23/h1,5-17H,18H2,2-3H3,(H2,37,38,39,40)/t30-/m1/s1. The Balaban J connectivity index is 1.90. The van der Waals surface area contributed by atoms with Crippen LogP contribution in [0.15, 0.2) is 78.9 Å². The smallest absolute Gasteiger partial charge is 0.324 e. The Labute approximate surface area is 228 Å². The first-order chi connectivity index (χ1) is 18.9. The highest BCUT2D eigenvalue weighted by Crippen LogP contribution is 2.38. The first-order valence-electron chi connectivity index (χ1n) is 12.1. The maximum Gasteiger partial charge on any atom is 0.416 e. The Morgan fingerprint density at radius 1 is 0.875 bits per heavy atom. The average Bonchev–Trinajstić information content (AvgIpc) is 2.88. The number of nitrogens with one attached hydrogen (secondary N) is 2. The van der Waals surface area contributed by atoms with Gasteiger partial charge in [0.25, 0.3) is 0 Å². The Morgan fingerprint density at radius 3 is 2.12 bits per heavy atom. The van der Waals surface area contributed by atoms with Gasteiger partial charge in [0.05, 0.1) is 16.8 Å². The van der Waals surface area contributed by atoms with Gasteiger partial charge in [-0.15, -0.1) is 6.42 Å². The quantitative estimate of drug-likeness (QED) is 0.196. The van der Waals surface area contributed by atoms with E-state index in [-0.39, 0.29) is 23.4 Å². The zero-order chi connectivity index (χ0) is 29.1. The average molecular weight is 550 g/mol. The molecule has 0 saturated heterocycles. The van der Waals surface area contributed by atoms with E-state index in [4.69, 9.17) is 6.42 Å². The number of urea groups is 1. The lowest BCUT2D eigenvalue weighted by Gasteiger charge is -2.37. The number of halogens is 5. The zero-order valence-electron chi connectivity index (χ0n) is 21.5. The van der Waals surface area contributed by atoms with Gasteiger partial charge in [-0.3, -0.25) is 5.32 Å². The maximum absolute atomic E-state index is 14.7. The van der Waals surface area contributed by atoms with Crippen molar-refractivity contribution in [3.8, 4) is 12.3 Å². The van der Waals surface area contributed by atoms with E-state index in [2.05, 4.69) is 21.5 Å². The van der Waals surface area contributed by atoms with E-state index in [1.165, 1.54) is 12.1 Å². The van der Waals surface area contributed by atoms with Gasteiger partial charge in [0.15, 0.2) is 0 Å². The lowest BCUT2D eigenvalue weighted by atomic mass is 9.77. The molecule has 0 spiro atoms. The van der Waals surface area contributed by atoms with Gasteiger partial charge in [-0.25, -0.2) is 18.6 Å². The molecule has 9 heteroatoms. The third-order valence-electron chi connectivity index (χ3n) is 6.48. The molecule has 40 heavy (non-hydrogen) atoms. The van der Waals surface area contributed by atoms with E-state index >= 15 is 0 Å².